The maximum Gasteiger partial charge on any atom is 0.303 e. The summed E-state index contributed by atoms with van der Waals surface area (Å²) in [5.41, 5.74) is 0. The first kappa shape index (κ1) is 16.3. The monoisotopic (exact) mass is 287 g/mol. The Hall–Kier alpha value is -0.710. The highest BCUT2D eigenvalue weighted by molar-refractivity contribution is 7.99. The van der Waals surface area contributed by atoms with E-state index < -0.39 is 5.97 Å². The molecule has 2 N–H and O–H groups in total. The van der Waals surface area contributed by atoms with Gasteiger partial charge in [0.15, 0.2) is 0 Å². The van der Waals surface area contributed by atoms with Crippen LogP contribution in [0.3, 0.4) is 0 Å². The minimum Gasteiger partial charge on any atom is -0.481 e. The molecule has 0 aromatic carbocycles. The number of carboxylic acids is 1. The van der Waals surface area contributed by atoms with Crippen molar-refractivity contribution in [1.29, 1.82) is 0 Å². The zero-order valence-electron chi connectivity index (χ0n) is 11.5. The van der Waals surface area contributed by atoms with Gasteiger partial charge in [-0.05, 0) is 37.2 Å². The normalized spacial score (nSPS) is 16.2. The quantitative estimate of drug-likeness (QED) is 0.640. The van der Waals surface area contributed by atoms with Gasteiger partial charge in [0.2, 0.25) is 5.91 Å². The summed E-state index contributed by atoms with van der Waals surface area (Å²) in [6, 6.07) is 0. The molecule has 4 nitrogen and oxygen atoms in total. The molecule has 0 radical (unpaired) electrons. The fourth-order valence-corrected chi connectivity index (χ4v) is 3.35. The molecule has 0 aromatic heterocycles. The number of carboxylic acid groups (broad SMARTS) is 1. The highest BCUT2D eigenvalue weighted by Crippen LogP contribution is 2.22. The number of amides is 1. The molecule has 0 saturated carbocycles. The number of thioether (sulfide) groups is 1. The average molecular weight is 287 g/mol. The van der Waals surface area contributed by atoms with Gasteiger partial charge >= 0.3 is 5.97 Å². The maximum atomic E-state index is 11.8. The minimum atomic E-state index is -0.710. The van der Waals surface area contributed by atoms with Crippen molar-refractivity contribution in [2.24, 2.45) is 5.92 Å². The van der Waals surface area contributed by atoms with Crippen molar-refractivity contribution in [2.75, 3.05) is 18.1 Å². The largest absolute Gasteiger partial charge is 0.481 e. The van der Waals surface area contributed by atoms with Crippen LogP contribution in [0.15, 0.2) is 0 Å². The third-order valence-corrected chi connectivity index (χ3v) is 4.51. The Balaban J connectivity index is 1.89. The molecule has 1 saturated heterocycles. The zero-order chi connectivity index (χ0) is 13.9. The molecule has 1 fully saturated rings. The summed E-state index contributed by atoms with van der Waals surface area (Å²) in [6.07, 6.45) is 7.18. The fourth-order valence-electron chi connectivity index (χ4n) is 2.25. The Labute approximate surface area is 119 Å². The van der Waals surface area contributed by atoms with Gasteiger partial charge in [-0.15, -0.1) is 0 Å². The standard InChI is InChI=1S/C14H25NO3S/c16-13(17)6-4-2-1-3-5-9-15-14(18)12-7-10-19-11-8-12/h12H,1-11H2,(H,15,18)(H,16,17). The van der Waals surface area contributed by atoms with E-state index in [1.807, 2.05) is 11.8 Å². The van der Waals surface area contributed by atoms with Crippen LogP contribution in [-0.4, -0.2) is 35.0 Å². The predicted octanol–water partition coefficient (Wildman–Crippen LogP) is 2.67. The predicted molar refractivity (Wildman–Crippen MR) is 78.4 cm³/mol. The van der Waals surface area contributed by atoms with E-state index in [9.17, 15) is 9.59 Å². The van der Waals surface area contributed by atoms with Crippen molar-refractivity contribution < 1.29 is 14.7 Å². The molecule has 0 unspecified atom stereocenters. The second-order valence-electron chi connectivity index (χ2n) is 5.09. The highest BCUT2D eigenvalue weighted by Gasteiger charge is 2.20. The number of hydrogen-bond acceptors (Lipinski definition) is 3. The van der Waals surface area contributed by atoms with Gasteiger partial charge in [-0.2, -0.15) is 11.8 Å². The van der Waals surface area contributed by atoms with Gasteiger partial charge in [-0.1, -0.05) is 19.3 Å². The van der Waals surface area contributed by atoms with Crippen LogP contribution in [0, 0.1) is 5.92 Å². The van der Waals surface area contributed by atoms with Crippen LogP contribution in [0.1, 0.15) is 51.4 Å². The van der Waals surface area contributed by atoms with Gasteiger partial charge in [0, 0.05) is 18.9 Å². The first-order valence-corrected chi connectivity index (χ1v) is 8.43. The summed E-state index contributed by atoms with van der Waals surface area (Å²) in [5.74, 6) is 1.98. The van der Waals surface area contributed by atoms with E-state index in [2.05, 4.69) is 5.32 Å². The highest BCUT2D eigenvalue weighted by atomic mass is 32.2. The first-order valence-electron chi connectivity index (χ1n) is 7.27. The molecule has 1 rings (SSSR count). The Morgan fingerprint density at radius 2 is 1.68 bits per heavy atom. The van der Waals surface area contributed by atoms with Crippen LogP contribution >= 0.6 is 11.8 Å². The van der Waals surface area contributed by atoms with E-state index >= 15 is 0 Å². The summed E-state index contributed by atoms with van der Waals surface area (Å²) in [7, 11) is 0. The number of rotatable bonds is 9. The van der Waals surface area contributed by atoms with E-state index in [0.29, 0.717) is 0 Å². The molecule has 0 spiro atoms. The maximum absolute atomic E-state index is 11.8. The van der Waals surface area contributed by atoms with E-state index in [4.69, 9.17) is 5.11 Å². The van der Waals surface area contributed by atoms with Crippen LogP contribution in [-0.2, 0) is 9.59 Å². The molecular formula is C14H25NO3S. The molecule has 1 aliphatic rings. The number of nitrogens with one attached hydrogen (secondary N) is 1. The lowest BCUT2D eigenvalue weighted by Gasteiger charge is -2.20. The van der Waals surface area contributed by atoms with Gasteiger partial charge in [-0.25, -0.2) is 0 Å². The van der Waals surface area contributed by atoms with Crippen LogP contribution in [0.25, 0.3) is 0 Å². The van der Waals surface area contributed by atoms with Crippen LogP contribution < -0.4 is 5.32 Å². The molecule has 0 atom stereocenters. The summed E-state index contributed by atoms with van der Waals surface area (Å²) >= 11 is 1.94. The number of hydrogen-bond donors (Lipinski definition) is 2. The Morgan fingerprint density at radius 3 is 2.37 bits per heavy atom. The Bertz CT molecular complexity index is 278. The molecule has 0 bridgehead atoms. The van der Waals surface area contributed by atoms with Crippen molar-refractivity contribution in [3.63, 3.8) is 0 Å². The Morgan fingerprint density at radius 1 is 1.05 bits per heavy atom. The SMILES string of the molecule is O=C(O)CCCCCCCNC(=O)C1CCSCC1. The third kappa shape index (κ3) is 8.14. The molecule has 1 aliphatic heterocycles. The lowest BCUT2D eigenvalue weighted by molar-refractivity contribution is -0.137. The number of unbranched alkanes of at least 4 members (excludes halogenated alkanes) is 4. The fraction of sp³-hybridized carbons (Fsp3) is 0.857. The molecule has 19 heavy (non-hydrogen) atoms. The number of carbonyl (C=O) groups is 2. The summed E-state index contributed by atoms with van der Waals surface area (Å²) in [6.45, 7) is 0.765. The van der Waals surface area contributed by atoms with Crippen molar-refractivity contribution in [1.82, 2.24) is 5.32 Å². The van der Waals surface area contributed by atoms with Gasteiger partial charge in [0.05, 0.1) is 0 Å². The summed E-state index contributed by atoms with van der Waals surface area (Å²) < 4.78 is 0. The molecule has 0 aromatic rings. The molecular weight excluding hydrogens is 262 g/mol. The second-order valence-corrected chi connectivity index (χ2v) is 6.31. The van der Waals surface area contributed by atoms with E-state index in [0.717, 1.165) is 63.0 Å². The van der Waals surface area contributed by atoms with E-state index in [-0.39, 0.29) is 18.2 Å². The van der Waals surface area contributed by atoms with Gasteiger partial charge < -0.3 is 10.4 Å². The van der Waals surface area contributed by atoms with Crippen LogP contribution in [0.4, 0.5) is 0 Å². The lowest BCUT2D eigenvalue weighted by Crippen LogP contribution is -2.33. The van der Waals surface area contributed by atoms with E-state index in [1.54, 1.807) is 0 Å². The zero-order valence-corrected chi connectivity index (χ0v) is 12.3. The summed E-state index contributed by atoms with van der Waals surface area (Å²) in [5, 5.41) is 11.5. The summed E-state index contributed by atoms with van der Waals surface area (Å²) in [4.78, 5) is 22.1. The van der Waals surface area contributed by atoms with E-state index in [1.165, 1.54) is 0 Å². The Kier molecular flexibility index (Phi) is 8.71. The third-order valence-electron chi connectivity index (χ3n) is 3.46. The van der Waals surface area contributed by atoms with Crippen LogP contribution in [0.2, 0.25) is 0 Å². The van der Waals surface area contributed by atoms with Crippen molar-refractivity contribution in [2.45, 2.75) is 51.4 Å². The van der Waals surface area contributed by atoms with Crippen molar-refractivity contribution in [3.05, 3.63) is 0 Å². The van der Waals surface area contributed by atoms with Crippen LogP contribution in [0.5, 0.6) is 0 Å². The molecule has 110 valence electrons. The number of carbonyl (C=O) groups excluding carboxylic acids is 1. The average Bonchev–Trinajstić information content (AvgIpc) is 2.42. The molecule has 5 heteroatoms. The topological polar surface area (TPSA) is 66.4 Å². The van der Waals surface area contributed by atoms with Crippen molar-refractivity contribution >= 4 is 23.6 Å². The molecule has 1 amide bonds. The smallest absolute Gasteiger partial charge is 0.303 e. The van der Waals surface area contributed by atoms with Gasteiger partial charge in [-0.3, -0.25) is 9.59 Å². The van der Waals surface area contributed by atoms with Crippen molar-refractivity contribution in [3.8, 4) is 0 Å². The number of aliphatic carboxylic acids is 1. The second kappa shape index (κ2) is 10.1. The van der Waals surface area contributed by atoms with Gasteiger partial charge in [0.25, 0.3) is 0 Å². The lowest BCUT2D eigenvalue weighted by atomic mass is 10.0. The minimum absolute atomic E-state index is 0.228. The first-order chi connectivity index (χ1) is 9.20. The molecule has 0 aliphatic carbocycles. The molecule has 1 heterocycles. The van der Waals surface area contributed by atoms with Gasteiger partial charge in [0.1, 0.15) is 0 Å².